The van der Waals surface area contributed by atoms with Crippen LogP contribution in [0.25, 0.3) is 10.2 Å². The first-order valence-corrected chi connectivity index (χ1v) is 6.38. The molecule has 0 aliphatic rings. The van der Waals surface area contributed by atoms with Crippen LogP contribution in [0, 0.1) is 0 Å². The molecule has 96 valence electrons. The fourth-order valence-electron chi connectivity index (χ4n) is 1.70. The molecule has 0 bridgehead atoms. The van der Waals surface area contributed by atoms with Gasteiger partial charge in [-0.25, -0.2) is 4.98 Å². The Morgan fingerprint density at radius 2 is 2.32 bits per heavy atom. The summed E-state index contributed by atoms with van der Waals surface area (Å²) >= 11 is 1.27. The number of nitrogen functional groups attached to an aromatic ring is 1. The Morgan fingerprint density at radius 3 is 3.05 bits per heavy atom. The van der Waals surface area contributed by atoms with Crippen molar-refractivity contribution in [2.75, 3.05) is 5.73 Å². The van der Waals surface area contributed by atoms with E-state index >= 15 is 0 Å². The number of fused-ring (bicyclic) bond motifs is 1. The predicted octanol–water partition coefficient (Wildman–Crippen LogP) is 1.80. The molecule has 19 heavy (non-hydrogen) atoms. The van der Waals surface area contributed by atoms with E-state index in [1.165, 1.54) is 17.5 Å². The van der Waals surface area contributed by atoms with E-state index in [0.29, 0.717) is 16.3 Å². The Bertz CT molecular complexity index is 720. The lowest BCUT2D eigenvalue weighted by Gasteiger charge is -2.01. The molecule has 0 saturated heterocycles. The quantitative estimate of drug-likeness (QED) is 0.759. The minimum absolute atomic E-state index is 0.239. The van der Waals surface area contributed by atoms with Gasteiger partial charge in [0.15, 0.2) is 5.76 Å². The fraction of sp³-hybridized carbons (Fsp3) is 0.0833. The molecule has 3 N–H and O–H groups in total. The zero-order valence-corrected chi connectivity index (χ0v) is 10.6. The van der Waals surface area contributed by atoms with Gasteiger partial charge >= 0.3 is 0 Å². The standard InChI is InChI=1S/C12H10N4O2S/c13-9-8-2-1-4-14-12(8)19-10(9)11(17)15-6-7-3-5-16-18-7/h1-5H,6,13H2,(H,15,17). The molecule has 0 unspecified atom stereocenters. The first-order chi connectivity index (χ1) is 9.25. The Morgan fingerprint density at radius 1 is 1.42 bits per heavy atom. The van der Waals surface area contributed by atoms with E-state index in [1.54, 1.807) is 18.3 Å². The number of nitrogens with one attached hydrogen (secondary N) is 1. The van der Waals surface area contributed by atoms with Gasteiger partial charge in [-0.1, -0.05) is 5.16 Å². The van der Waals surface area contributed by atoms with Gasteiger partial charge in [-0.3, -0.25) is 4.79 Å². The summed E-state index contributed by atoms with van der Waals surface area (Å²) in [6.45, 7) is 0.278. The summed E-state index contributed by atoms with van der Waals surface area (Å²) in [7, 11) is 0. The molecular weight excluding hydrogens is 264 g/mol. The molecule has 3 aromatic rings. The Balaban J connectivity index is 1.83. The van der Waals surface area contributed by atoms with Crippen molar-refractivity contribution in [3.63, 3.8) is 0 Å². The maximum absolute atomic E-state index is 12.1. The average molecular weight is 274 g/mol. The summed E-state index contributed by atoms with van der Waals surface area (Å²) in [4.78, 5) is 17.5. The predicted molar refractivity (Wildman–Crippen MR) is 71.7 cm³/mol. The normalized spacial score (nSPS) is 10.7. The van der Waals surface area contributed by atoms with Crippen LogP contribution >= 0.6 is 11.3 Å². The number of nitrogens with zero attached hydrogens (tertiary/aromatic N) is 2. The van der Waals surface area contributed by atoms with Crippen molar-refractivity contribution < 1.29 is 9.32 Å². The fourth-order valence-corrected chi connectivity index (χ4v) is 2.68. The van der Waals surface area contributed by atoms with Gasteiger partial charge in [0.2, 0.25) is 0 Å². The van der Waals surface area contributed by atoms with Crippen molar-refractivity contribution in [2.24, 2.45) is 0 Å². The molecule has 3 heterocycles. The smallest absolute Gasteiger partial charge is 0.263 e. The minimum Gasteiger partial charge on any atom is -0.397 e. The molecule has 0 fully saturated rings. The summed E-state index contributed by atoms with van der Waals surface area (Å²) in [5.74, 6) is 0.350. The Kier molecular flexibility index (Phi) is 2.88. The number of anilines is 1. The molecule has 1 amide bonds. The van der Waals surface area contributed by atoms with Crippen molar-refractivity contribution >= 4 is 33.1 Å². The number of hydrogen-bond donors (Lipinski definition) is 2. The highest BCUT2D eigenvalue weighted by molar-refractivity contribution is 7.21. The van der Waals surface area contributed by atoms with Crippen LogP contribution in [0.4, 0.5) is 5.69 Å². The second kappa shape index (κ2) is 4.69. The van der Waals surface area contributed by atoms with Crippen LogP contribution < -0.4 is 11.1 Å². The molecule has 0 aromatic carbocycles. The van der Waals surface area contributed by atoms with Crippen LogP contribution in [-0.4, -0.2) is 16.0 Å². The summed E-state index contributed by atoms with van der Waals surface area (Å²) in [6, 6.07) is 5.33. The molecule has 0 saturated carbocycles. The third-order valence-corrected chi connectivity index (χ3v) is 3.75. The number of amides is 1. The third kappa shape index (κ3) is 2.15. The largest absolute Gasteiger partial charge is 0.397 e. The summed E-state index contributed by atoms with van der Waals surface area (Å²) in [6.07, 6.45) is 3.20. The Labute approximate surface area is 112 Å². The number of carbonyl (C=O) groups excluding carboxylic acids is 1. The van der Waals surface area contributed by atoms with Gasteiger partial charge in [0.1, 0.15) is 9.71 Å². The van der Waals surface area contributed by atoms with Gasteiger partial charge in [0, 0.05) is 17.6 Å². The van der Waals surface area contributed by atoms with E-state index in [-0.39, 0.29) is 12.5 Å². The number of rotatable bonds is 3. The third-order valence-electron chi connectivity index (χ3n) is 2.63. The average Bonchev–Trinajstić information content (AvgIpc) is 3.05. The lowest BCUT2D eigenvalue weighted by atomic mass is 10.2. The number of nitrogens with two attached hydrogens (primary N) is 1. The zero-order valence-electron chi connectivity index (χ0n) is 9.79. The number of pyridine rings is 1. The van der Waals surface area contributed by atoms with Crippen LogP contribution in [0.15, 0.2) is 35.1 Å². The van der Waals surface area contributed by atoms with Gasteiger partial charge in [0.05, 0.1) is 18.4 Å². The van der Waals surface area contributed by atoms with Crippen LogP contribution in [0.2, 0.25) is 0 Å². The lowest BCUT2D eigenvalue weighted by Crippen LogP contribution is -2.22. The highest BCUT2D eigenvalue weighted by Gasteiger charge is 2.16. The molecular formula is C12H10N4O2S. The van der Waals surface area contributed by atoms with E-state index in [1.807, 2.05) is 6.07 Å². The van der Waals surface area contributed by atoms with Crippen molar-refractivity contribution in [1.82, 2.24) is 15.5 Å². The van der Waals surface area contributed by atoms with E-state index in [2.05, 4.69) is 15.5 Å². The molecule has 3 aromatic heterocycles. The number of aromatic nitrogens is 2. The maximum Gasteiger partial charge on any atom is 0.263 e. The molecule has 3 rings (SSSR count). The molecule has 7 heteroatoms. The molecule has 0 aliphatic carbocycles. The van der Waals surface area contributed by atoms with Crippen LogP contribution in [0.5, 0.6) is 0 Å². The van der Waals surface area contributed by atoms with Crippen LogP contribution in [0.1, 0.15) is 15.4 Å². The van der Waals surface area contributed by atoms with Crippen LogP contribution in [0.3, 0.4) is 0 Å². The maximum atomic E-state index is 12.1. The van der Waals surface area contributed by atoms with Gasteiger partial charge in [-0.2, -0.15) is 0 Å². The number of hydrogen-bond acceptors (Lipinski definition) is 6. The number of carbonyl (C=O) groups is 1. The monoisotopic (exact) mass is 274 g/mol. The number of thiophene rings is 1. The topological polar surface area (TPSA) is 94.0 Å². The second-order valence-electron chi connectivity index (χ2n) is 3.86. The first kappa shape index (κ1) is 11.7. The summed E-state index contributed by atoms with van der Waals surface area (Å²) in [5, 5.41) is 7.10. The van der Waals surface area contributed by atoms with Crippen LogP contribution in [-0.2, 0) is 6.54 Å². The van der Waals surface area contributed by atoms with Crippen molar-refractivity contribution in [1.29, 1.82) is 0 Å². The minimum atomic E-state index is -0.239. The SMILES string of the molecule is Nc1c(C(=O)NCc2ccno2)sc2ncccc12. The zero-order chi connectivity index (χ0) is 13.2. The molecule has 0 aliphatic heterocycles. The summed E-state index contributed by atoms with van der Waals surface area (Å²) < 4.78 is 4.90. The van der Waals surface area contributed by atoms with Gasteiger partial charge in [-0.05, 0) is 12.1 Å². The molecule has 6 nitrogen and oxygen atoms in total. The molecule has 0 atom stereocenters. The van der Waals surface area contributed by atoms with E-state index in [4.69, 9.17) is 10.3 Å². The molecule has 0 radical (unpaired) electrons. The highest BCUT2D eigenvalue weighted by Crippen LogP contribution is 2.31. The highest BCUT2D eigenvalue weighted by atomic mass is 32.1. The lowest BCUT2D eigenvalue weighted by molar-refractivity contribution is 0.0952. The van der Waals surface area contributed by atoms with Crippen molar-refractivity contribution in [3.8, 4) is 0 Å². The van der Waals surface area contributed by atoms with Gasteiger partial charge in [0.25, 0.3) is 5.91 Å². The van der Waals surface area contributed by atoms with E-state index < -0.39 is 0 Å². The van der Waals surface area contributed by atoms with Crippen molar-refractivity contribution in [2.45, 2.75) is 6.54 Å². The van der Waals surface area contributed by atoms with E-state index in [0.717, 1.165) is 10.2 Å². The van der Waals surface area contributed by atoms with E-state index in [9.17, 15) is 4.79 Å². The second-order valence-corrected chi connectivity index (χ2v) is 4.86. The Hall–Kier alpha value is -2.41. The molecule has 0 spiro atoms. The summed E-state index contributed by atoms with van der Waals surface area (Å²) in [5.41, 5.74) is 6.42. The first-order valence-electron chi connectivity index (χ1n) is 5.56. The van der Waals surface area contributed by atoms with Gasteiger partial charge < -0.3 is 15.6 Å². The van der Waals surface area contributed by atoms with Crippen molar-refractivity contribution in [3.05, 3.63) is 41.2 Å². The van der Waals surface area contributed by atoms with Gasteiger partial charge in [-0.15, -0.1) is 11.3 Å².